The lowest BCUT2D eigenvalue weighted by molar-refractivity contribution is -0.0738. The van der Waals surface area contributed by atoms with Crippen LogP contribution in [0.25, 0.3) is 22.3 Å². The summed E-state index contributed by atoms with van der Waals surface area (Å²) in [5.74, 6) is 1.99. The maximum absolute atomic E-state index is 6.35. The number of benzene rings is 4. The average molecular weight is 482 g/mol. The molecule has 2 unspecified atom stereocenters. The molecule has 4 aromatic carbocycles. The molecule has 0 amide bonds. The van der Waals surface area contributed by atoms with Gasteiger partial charge in [0.1, 0.15) is 18.1 Å². The number of hydrogen-bond donors (Lipinski definition) is 1. The van der Waals surface area contributed by atoms with Crippen molar-refractivity contribution in [2.24, 2.45) is 11.7 Å². The van der Waals surface area contributed by atoms with Gasteiger partial charge in [0, 0.05) is 17.2 Å². The second-order valence-corrected chi connectivity index (χ2v) is 9.16. The van der Waals surface area contributed by atoms with Crippen molar-refractivity contribution in [3.63, 3.8) is 0 Å². The second kappa shape index (κ2) is 12.4. The van der Waals surface area contributed by atoms with Crippen molar-refractivity contribution >= 4 is 0 Å². The van der Waals surface area contributed by atoms with Crippen LogP contribution in [0.2, 0.25) is 0 Å². The summed E-state index contributed by atoms with van der Waals surface area (Å²) in [5.41, 5.74) is 11.7. The van der Waals surface area contributed by atoms with E-state index in [1.807, 2.05) is 67.6 Å². The van der Waals surface area contributed by atoms with Crippen molar-refractivity contribution in [1.82, 2.24) is 0 Å². The Kier molecular flexibility index (Phi) is 8.77. The van der Waals surface area contributed by atoms with Gasteiger partial charge in [-0.2, -0.15) is 0 Å². The third kappa shape index (κ3) is 6.54. The van der Waals surface area contributed by atoms with Crippen LogP contribution in [0, 0.1) is 5.92 Å². The van der Waals surface area contributed by atoms with Gasteiger partial charge in [-0.1, -0.05) is 105 Å². The average Bonchev–Trinajstić information content (AvgIpc) is 2.92. The van der Waals surface area contributed by atoms with Crippen molar-refractivity contribution in [2.75, 3.05) is 13.2 Å². The van der Waals surface area contributed by atoms with Crippen LogP contribution in [-0.2, 0) is 4.74 Å². The molecule has 2 atom stereocenters. The first-order valence-electron chi connectivity index (χ1n) is 12.5. The number of rotatable bonds is 11. The Hall–Kier alpha value is -3.60. The van der Waals surface area contributed by atoms with Crippen molar-refractivity contribution < 1.29 is 14.2 Å². The Labute approximate surface area is 214 Å². The summed E-state index contributed by atoms with van der Waals surface area (Å²) in [6, 6.07) is 34.8. The van der Waals surface area contributed by atoms with Crippen molar-refractivity contribution in [1.29, 1.82) is 0 Å². The molecule has 0 saturated carbocycles. The molecule has 0 aliphatic carbocycles. The Balaban J connectivity index is 1.40. The standard InChI is InChI=1S/C32H35NO3/c1-23(2)31(33)27-17-19-28(20-18-27)36-24(3)34-21-22-35-32-29(25-11-6-4-7-12-25)15-10-16-30(32)26-13-8-5-9-14-26/h4-20,23-24,31H,21-22,33H2,1-3H3. The molecule has 0 aliphatic rings. The summed E-state index contributed by atoms with van der Waals surface area (Å²) in [5, 5.41) is 0. The van der Waals surface area contributed by atoms with E-state index in [9.17, 15) is 0 Å². The van der Waals surface area contributed by atoms with E-state index in [0.29, 0.717) is 19.1 Å². The Morgan fingerprint density at radius 2 is 1.19 bits per heavy atom. The Bertz CT molecular complexity index is 1150. The molecule has 0 radical (unpaired) electrons. The zero-order valence-corrected chi connectivity index (χ0v) is 21.3. The molecule has 36 heavy (non-hydrogen) atoms. The molecule has 0 aromatic heterocycles. The van der Waals surface area contributed by atoms with Gasteiger partial charge in [0.05, 0.1) is 6.61 Å². The van der Waals surface area contributed by atoms with Gasteiger partial charge in [-0.05, 0) is 41.7 Å². The molecule has 0 fully saturated rings. The van der Waals surface area contributed by atoms with E-state index in [-0.39, 0.29) is 6.04 Å². The van der Waals surface area contributed by atoms with Crippen LogP contribution in [0.5, 0.6) is 11.5 Å². The molecule has 2 N–H and O–H groups in total. The van der Waals surface area contributed by atoms with Gasteiger partial charge in [0.15, 0.2) is 6.29 Å². The first kappa shape index (κ1) is 25.5. The smallest absolute Gasteiger partial charge is 0.197 e. The molecule has 4 heteroatoms. The minimum Gasteiger partial charge on any atom is -0.490 e. The molecule has 0 heterocycles. The summed E-state index contributed by atoms with van der Waals surface area (Å²) in [6.45, 7) is 6.93. The van der Waals surface area contributed by atoms with E-state index in [0.717, 1.165) is 39.3 Å². The van der Waals surface area contributed by atoms with Crippen LogP contribution in [0.1, 0.15) is 32.4 Å². The molecule has 0 spiro atoms. The molecule has 0 aliphatic heterocycles. The first-order chi connectivity index (χ1) is 17.5. The van der Waals surface area contributed by atoms with Crippen LogP contribution in [0.3, 0.4) is 0 Å². The summed E-state index contributed by atoms with van der Waals surface area (Å²) in [7, 11) is 0. The molecule has 4 rings (SSSR count). The van der Waals surface area contributed by atoms with Crippen LogP contribution in [-0.4, -0.2) is 19.5 Å². The highest BCUT2D eigenvalue weighted by molar-refractivity contribution is 5.82. The highest BCUT2D eigenvalue weighted by Crippen LogP contribution is 2.39. The molecule has 186 valence electrons. The summed E-state index contributed by atoms with van der Waals surface area (Å²) >= 11 is 0. The molecule has 0 bridgehead atoms. The summed E-state index contributed by atoms with van der Waals surface area (Å²) in [6.07, 6.45) is -0.406. The SMILES string of the molecule is CC(OCCOc1c(-c2ccccc2)cccc1-c1ccccc1)Oc1ccc(C(N)C(C)C)cc1. The van der Waals surface area contributed by atoms with Gasteiger partial charge in [0.25, 0.3) is 0 Å². The molecule has 4 nitrogen and oxygen atoms in total. The van der Waals surface area contributed by atoms with Gasteiger partial charge in [0.2, 0.25) is 0 Å². The fraction of sp³-hybridized carbons (Fsp3) is 0.250. The lowest BCUT2D eigenvalue weighted by Gasteiger charge is -2.19. The quantitative estimate of drug-likeness (QED) is 0.178. The predicted octanol–water partition coefficient (Wildman–Crippen LogP) is 7.50. The highest BCUT2D eigenvalue weighted by atomic mass is 16.7. The van der Waals surface area contributed by atoms with Gasteiger partial charge in [-0.3, -0.25) is 0 Å². The van der Waals surface area contributed by atoms with Crippen molar-refractivity contribution in [2.45, 2.75) is 33.1 Å². The Morgan fingerprint density at radius 3 is 1.72 bits per heavy atom. The van der Waals surface area contributed by atoms with Gasteiger partial charge in [-0.15, -0.1) is 0 Å². The minimum absolute atomic E-state index is 0.0180. The highest BCUT2D eigenvalue weighted by Gasteiger charge is 2.14. The molecular formula is C32H35NO3. The zero-order valence-electron chi connectivity index (χ0n) is 21.3. The normalized spacial score (nSPS) is 12.8. The lowest BCUT2D eigenvalue weighted by Crippen LogP contribution is -2.20. The maximum Gasteiger partial charge on any atom is 0.197 e. The first-order valence-corrected chi connectivity index (χ1v) is 12.5. The third-order valence-corrected chi connectivity index (χ3v) is 6.15. The topological polar surface area (TPSA) is 53.7 Å². The van der Waals surface area contributed by atoms with Crippen LogP contribution >= 0.6 is 0 Å². The lowest BCUT2D eigenvalue weighted by atomic mass is 9.97. The van der Waals surface area contributed by atoms with E-state index < -0.39 is 6.29 Å². The number of ether oxygens (including phenoxy) is 3. The number of nitrogens with two attached hydrogens (primary N) is 1. The molecular weight excluding hydrogens is 446 g/mol. The van der Waals surface area contributed by atoms with Gasteiger partial charge >= 0.3 is 0 Å². The monoisotopic (exact) mass is 481 g/mol. The van der Waals surface area contributed by atoms with E-state index in [2.05, 4.69) is 56.3 Å². The third-order valence-electron chi connectivity index (χ3n) is 6.15. The summed E-state index contributed by atoms with van der Waals surface area (Å²) < 4.78 is 18.2. The van der Waals surface area contributed by atoms with E-state index in [4.69, 9.17) is 19.9 Å². The van der Waals surface area contributed by atoms with Crippen LogP contribution in [0.4, 0.5) is 0 Å². The number of hydrogen-bond acceptors (Lipinski definition) is 4. The van der Waals surface area contributed by atoms with Crippen LogP contribution < -0.4 is 15.2 Å². The van der Waals surface area contributed by atoms with E-state index in [1.165, 1.54) is 0 Å². The second-order valence-electron chi connectivity index (χ2n) is 9.16. The number of para-hydroxylation sites is 1. The fourth-order valence-electron chi connectivity index (χ4n) is 4.12. The van der Waals surface area contributed by atoms with E-state index >= 15 is 0 Å². The zero-order chi connectivity index (χ0) is 25.3. The largest absolute Gasteiger partial charge is 0.490 e. The Morgan fingerprint density at radius 1 is 0.639 bits per heavy atom. The molecule has 4 aromatic rings. The summed E-state index contributed by atoms with van der Waals surface area (Å²) in [4.78, 5) is 0. The molecule has 0 saturated heterocycles. The van der Waals surface area contributed by atoms with E-state index in [1.54, 1.807) is 0 Å². The predicted molar refractivity (Wildman–Crippen MR) is 147 cm³/mol. The van der Waals surface area contributed by atoms with Crippen molar-refractivity contribution in [3.8, 4) is 33.8 Å². The van der Waals surface area contributed by atoms with Gasteiger partial charge < -0.3 is 19.9 Å². The fourth-order valence-corrected chi connectivity index (χ4v) is 4.12. The van der Waals surface area contributed by atoms with Crippen molar-refractivity contribution in [3.05, 3.63) is 109 Å². The van der Waals surface area contributed by atoms with Crippen LogP contribution in [0.15, 0.2) is 103 Å². The van der Waals surface area contributed by atoms with Gasteiger partial charge in [-0.25, -0.2) is 0 Å². The maximum atomic E-state index is 6.35. The minimum atomic E-state index is -0.406.